The predicted molar refractivity (Wildman–Crippen MR) is 412 cm³/mol. The summed E-state index contributed by atoms with van der Waals surface area (Å²) in [6.45, 7) is 15.6. The molecule has 0 aliphatic rings. The Morgan fingerprint density at radius 2 is 0.991 bits per heavy atom. The van der Waals surface area contributed by atoms with E-state index in [0.29, 0.717) is 32.9 Å². The molecule has 6 aromatic carbocycles. The number of carbonyl (C=O) groups is 4. The van der Waals surface area contributed by atoms with Crippen molar-refractivity contribution in [3.63, 3.8) is 0 Å². The summed E-state index contributed by atoms with van der Waals surface area (Å²) in [5, 5.41) is 11.5. The number of sulfonamides is 2. The average Bonchev–Trinajstić information content (AvgIpc) is 1.71. The van der Waals surface area contributed by atoms with Crippen molar-refractivity contribution in [3.8, 4) is 22.3 Å². The summed E-state index contributed by atoms with van der Waals surface area (Å²) in [6, 6.07) is 30.9. The number of ether oxygens (including phenoxy) is 2. The Balaban J connectivity index is 0.000000248. The number of carboxylic acid groups (broad SMARTS) is 1. The lowest BCUT2D eigenvalue weighted by atomic mass is 10.00. The Morgan fingerprint density at radius 3 is 1.45 bits per heavy atom. The topological polar surface area (TPSA) is 351 Å². The van der Waals surface area contributed by atoms with Gasteiger partial charge >= 0.3 is 17.9 Å². The lowest BCUT2D eigenvalue weighted by Crippen LogP contribution is -2.21. The van der Waals surface area contributed by atoms with Crippen molar-refractivity contribution in [2.24, 2.45) is 23.7 Å². The first-order valence-electron chi connectivity index (χ1n) is 32.6. The number of methoxy groups -OCH3 is 2. The Bertz CT molecular complexity index is 5370. The molecule has 0 aliphatic heterocycles. The van der Waals surface area contributed by atoms with E-state index in [1.807, 2.05) is 54.4 Å². The fraction of sp³-hybridized carbons (Fsp3) is 0.270. The molecular formula is C74H78Cl3F6N7O15S4. The van der Waals surface area contributed by atoms with Crippen LogP contribution in [-0.2, 0) is 54.2 Å². The summed E-state index contributed by atoms with van der Waals surface area (Å²) in [5.41, 5.74) is 8.29. The molecule has 0 atom stereocenters. The summed E-state index contributed by atoms with van der Waals surface area (Å²) < 4.78 is 189. The second-order valence-electron chi connectivity index (χ2n) is 25.8. The van der Waals surface area contributed by atoms with E-state index < -0.39 is 125 Å². The minimum Gasteiger partial charge on any atom is -0.477 e. The summed E-state index contributed by atoms with van der Waals surface area (Å²) >= 11 is 11.8. The molecule has 4 heterocycles. The van der Waals surface area contributed by atoms with Gasteiger partial charge in [-0.1, -0.05) is 109 Å². The number of esters is 2. The molecule has 0 saturated carbocycles. The molecule has 0 saturated heterocycles. The highest BCUT2D eigenvalue weighted by atomic mass is 35.7. The van der Waals surface area contributed by atoms with Gasteiger partial charge in [-0.25, -0.2) is 84.4 Å². The van der Waals surface area contributed by atoms with Gasteiger partial charge in [-0.05, 0) is 138 Å². The number of nitrogens with zero attached hydrogens (tertiary/aromatic N) is 2. The van der Waals surface area contributed by atoms with Crippen LogP contribution in [0.15, 0.2) is 146 Å². The minimum absolute atomic E-state index is 0.00157. The molecule has 109 heavy (non-hydrogen) atoms. The third kappa shape index (κ3) is 27.8. The number of aryl methyl sites for hydroxylation is 1. The van der Waals surface area contributed by atoms with E-state index in [1.54, 1.807) is 110 Å². The SMILES string of the molecule is CC(C)CS(=O)(=O)Cc1ccc(F)c(C(=O)O)c1F.CC(C)CS(=O)(=O)Cl.CC(C)CS(=O)(=O)Nc1ccc(F)c(C(=O)c2c[nH]c3ncc(-c4ccc(Cl)cc4)cc23)c1F.COC(=O)c1c(F)ccc(NS(=O)(=O)CC(C)C)c1F.COC(=O)c1cc(C)cc(N)c1.Clc1ccc(-c2cnc3[nH]ccc3c2)cc1. The molecule has 7 N–H and O–H groups in total. The molecule has 0 unspecified atom stereocenters. The maximum absolute atomic E-state index is 15.2. The molecule has 10 rings (SSSR count). The molecule has 0 amide bonds. The van der Waals surface area contributed by atoms with Crippen LogP contribution in [0.3, 0.4) is 0 Å². The number of aromatic nitrogens is 4. The number of aromatic carboxylic acids is 1. The highest BCUT2D eigenvalue weighted by molar-refractivity contribution is 8.13. The number of rotatable bonds is 21. The largest absolute Gasteiger partial charge is 0.477 e. The van der Waals surface area contributed by atoms with E-state index in [1.165, 1.54) is 13.3 Å². The number of nitrogen functional groups attached to an aromatic ring is 1. The number of sulfone groups is 1. The number of carboxylic acids is 1. The second kappa shape index (κ2) is 39.7. The summed E-state index contributed by atoms with van der Waals surface area (Å²) in [4.78, 5) is 60.8. The van der Waals surface area contributed by atoms with Gasteiger partial charge in [0, 0.05) is 84.2 Å². The first-order chi connectivity index (χ1) is 50.7. The van der Waals surface area contributed by atoms with Gasteiger partial charge in [0.05, 0.1) is 65.5 Å². The fourth-order valence-corrected chi connectivity index (χ4v) is 16.6. The smallest absolute Gasteiger partial charge is 0.343 e. The normalized spacial score (nSPS) is 11.4. The number of hydrogen-bond donors (Lipinski definition) is 6. The quantitative estimate of drug-likeness (QED) is 0.0128. The Kier molecular flexibility index (Phi) is 32.8. The third-order valence-corrected chi connectivity index (χ3v) is 21.5. The molecule has 35 heteroatoms. The summed E-state index contributed by atoms with van der Waals surface area (Å²) in [5.74, 6) is -13.3. The lowest BCUT2D eigenvalue weighted by Gasteiger charge is -2.13. The third-order valence-electron chi connectivity index (χ3n) is 14.4. The zero-order valence-corrected chi connectivity index (χ0v) is 65.9. The fourth-order valence-electron chi connectivity index (χ4n) is 10.1. The van der Waals surface area contributed by atoms with Crippen molar-refractivity contribution < 1.29 is 93.8 Å². The van der Waals surface area contributed by atoms with E-state index in [4.69, 9.17) is 44.7 Å². The predicted octanol–water partition coefficient (Wildman–Crippen LogP) is 16.6. The van der Waals surface area contributed by atoms with Crippen molar-refractivity contribution in [3.05, 3.63) is 230 Å². The molecule has 0 spiro atoms. The number of H-pyrrole nitrogens is 2. The Morgan fingerprint density at radius 1 is 0.532 bits per heavy atom. The van der Waals surface area contributed by atoms with Crippen molar-refractivity contribution in [1.29, 1.82) is 0 Å². The van der Waals surface area contributed by atoms with Gasteiger partial charge in [-0.3, -0.25) is 14.2 Å². The highest BCUT2D eigenvalue weighted by Crippen LogP contribution is 2.32. The van der Waals surface area contributed by atoms with Crippen LogP contribution in [0.2, 0.25) is 10.0 Å². The number of aromatic amines is 2. The van der Waals surface area contributed by atoms with E-state index in [0.717, 1.165) is 81.8 Å². The standard InChI is InChI=1S/C24H20ClF2N3O3S.C13H9ClN2.C12H15F2NO4S.C12H14F2O4S.C9H11NO2.C4H9ClO2S/c1-13(2)12-34(32,33)30-20-8-7-19(26)21(22(20)27)23(31)18-11-29-24-17(18)9-15(10-28-24)14-3-5-16(25)6-4-14;14-12-3-1-9(2-4-12)11-7-10-5-6-15-13(10)16-8-11;1-7(2)6-20(17,18)15-9-5-4-8(13)10(11(9)14)12(16)19-3;1-7(2)5-19(17,18)6-8-3-4-9(13)10(11(8)14)12(15)16;1-6-3-7(9(11)12-2)5-8(10)4-6;1-4(2)3-8(5,6)7/h3-11,13,30H,12H2,1-2H3,(H,28,29);1-8H,(H,15,16);4-5,7,15H,6H2,1-3H3;3-4,7H,5-6H2,1-2H3,(H,15,16);3-5H,10H2,1-2H3;4H,3H2,1-2H3. The van der Waals surface area contributed by atoms with Crippen LogP contribution in [-0.4, -0.2) is 120 Å². The van der Waals surface area contributed by atoms with Crippen molar-refractivity contribution >= 4 is 136 Å². The number of benzene rings is 6. The number of hydrogen-bond acceptors (Lipinski definition) is 17. The van der Waals surface area contributed by atoms with Gasteiger partial charge in [0.25, 0.3) is 0 Å². The van der Waals surface area contributed by atoms with E-state index in [2.05, 4.69) is 40.2 Å². The minimum atomic E-state index is -3.89. The molecule has 0 aliphatic carbocycles. The molecule has 4 aromatic heterocycles. The molecule has 10 aromatic rings. The molecular weight excluding hydrogens is 1580 g/mol. The van der Waals surface area contributed by atoms with Crippen molar-refractivity contribution in [1.82, 2.24) is 19.9 Å². The van der Waals surface area contributed by atoms with Gasteiger partial charge in [0.1, 0.15) is 45.7 Å². The molecule has 0 bridgehead atoms. The number of anilines is 3. The van der Waals surface area contributed by atoms with Gasteiger partial charge in [-0.2, -0.15) is 0 Å². The number of carbonyl (C=O) groups excluding carboxylic acids is 3. The zero-order valence-electron chi connectivity index (χ0n) is 60.4. The van der Waals surface area contributed by atoms with Crippen LogP contribution in [0.25, 0.3) is 44.3 Å². The number of pyridine rings is 2. The molecule has 22 nitrogen and oxygen atoms in total. The maximum Gasteiger partial charge on any atom is 0.343 e. The highest BCUT2D eigenvalue weighted by Gasteiger charge is 2.29. The van der Waals surface area contributed by atoms with Gasteiger partial charge in [0.15, 0.2) is 21.5 Å². The van der Waals surface area contributed by atoms with E-state index >= 15 is 4.39 Å². The van der Waals surface area contributed by atoms with E-state index in [-0.39, 0.29) is 63.8 Å². The summed E-state index contributed by atoms with van der Waals surface area (Å²) in [7, 11) is -7.27. The zero-order chi connectivity index (χ0) is 81.8. The molecule has 0 fully saturated rings. The van der Waals surface area contributed by atoms with E-state index in [9.17, 15) is 74.8 Å². The van der Waals surface area contributed by atoms with Crippen molar-refractivity contribution in [2.75, 3.05) is 52.4 Å². The average molecular weight is 1650 g/mol. The maximum atomic E-state index is 15.2. The van der Waals surface area contributed by atoms with Gasteiger partial charge in [-0.15, -0.1) is 0 Å². The van der Waals surface area contributed by atoms with Crippen LogP contribution in [0.4, 0.5) is 43.4 Å². The van der Waals surface area contributed by atoms with Crippen LogP contribution in [0.5, 0.6) is 0 Å². The number of ketones is 1. The van der Waals surface area contributed by atoms with Crippen LogP contribution >= 0.6 is 33.9 Å². The number of nitrogens with one attached hydrogen (secondary N) is 4. The van der Waals surface area contributed by atoms with Crippen molar-refractivity contribution in [2.45, 2.75) is 68.1 Å². The number of nitrogens with two attached hydrogens (primary N) is 1. The summed E-state index contributed by atoms with van der Waals surface area (Å²) in [6.07, 6.45) is 6.67. The van der Waals surface area contributed by atoms with Gasteiger partial charge < -0.3 is 30.3 Å². The molecule has 586 valence electrons. The second-order valence-corrected chi connectivity index (χ2v) is 35.1. The van der Waals surface area contributed by atoms with Crippen LogP contribution in [0, 0.1) is 65.5 Å². The number of halogens is 9. The Labute approximate surface area is 641 Å². The van der Waals surface area contributed by atoms with Crippen LogP contribution < -0.4 is 15.2 Å². The first-order valence-corrected chi connectivity index (χ1v) is 40.9. The molecule has 0 radical (unpaired) electrons. The number of fused-ring (bicyclic) bond motifs is 2. The Hall–Kier alpha value is -9.57. The monoisotopic (exact) mass is 1650 g/mol. The lowest BCUT2D eigenvalue weighted by molar-refractivity contribution is 0.0584. The first kappa shape index (κ1) is 90.0. The van der Waals surface area contributed by atoms with Gasteiger partial charge in [0.2, 0.25) is 34.9 Å². The van der Waals surface area contributed by atoms with Crippen LogP contribution in [0.1, 0.15) is 114 Å².